The van der Waals surface area contributed by atoms with Gasteiger partial charge in [-0.2, -0.15) is 0 Å². The Morgan fingerprint density at radius 2 is 1.03 bits per heavy atom. The molecule has 39 heavy (non-hydrogen) atoms. The summed E-state index contributed by atoms with van der Waals surface area (Å²) in [7, 11) is 0. The highest BCUT2D eigenvalue weighted by Gasteiger charge is 2.17. The van der Waals surface area contributed by atoms with E-state index in [9.17, 15) is 0 Å². The molecule has 2 atom stereocenters. The van der Waals surface area contributed by atoms with Gasteiger partial charge in [0.1, 0.15) is 0 Å². The van der Waals surface area contributed by atoms with Crippen LogP contribution in [0, 0.1) is 5.92 Å². The van der Waals surface area contributed by atoms with Crippen molar-refractivity contribution in [2.24, 2.45) is 5.92 Å². The van der Waals surface area contributed by atoms with Crippen molar-refractivity contribution in [1.29, 1.82) is 0 Å². The molecule has 0 heterocycles. The van der Waals surface area contributed by atoms with E-state index in [0.717, 1.165) is 11.8 Å². The number of hydrogen-bond acceptors (Lipinski definition) is 0. The van der Waals surface area contributed by atoms with Gasteiger partial charge in [0.05, 0.1) is 0 Å². The summed E-state index contributed by atoms with van der Waals surface area (Å²) in [6, 6.07) is 39.5. The van der Waals surface area contributed by atoms with Crippen molar-refractivity contribution in [2.75, 3.05) is 0 Å². The standard InChI is InChI=1S/C21H26.C18H22/c1-17(16-18-8-4-2-5-9-18)19-12-14-21(15-13-19)20-10-6-3-7-11-20;1-3-8-15(4-2)17-11-13-18(14-12-17)16-9-6-5-7-10-16/h3,6-7,10-15,17-18H,2,4-5,8-9,16H2,1H3;5-7,9-15H,3-4,8H2,1-2H3/t17-;15-/m00/s1. The zero-order valence-corrected chi connectivity index (χ0v) is 24.5. The lowest BCUT2D eigenvalue weighted by Gasteiger charge is -2.25. The van der Waals surface area contributed by atoms with Gasteiger partial charge in [0.2, 0.25) is 0 Å². The Kier molecular flexibility index (Phi) is 11.5. The minimum Gasteiger partial charge on any atom is -0.0654 e. The largest absolute Gasteiger partial charge is 0.0654 e. The molecule has 0 unspecified atom stereocenters. The molecule has 0 heteroatoms. The maximum atomic E-state index is 2.39. The summed E-state index contributed by atoms with van der Waals surface area (Å²) in [5, 5.41) is 0. The fourth-order valence-electron chi connectivity index (χ4n) is 6.23. The number of rotatable bonds is 9. The minimum atomic E-state index is 0.693. The molecule has 0 saturated heterocycles. The van der Waals surface area contributed by atoms with Gasteiger partial charge in [0, 0.05) is 0 Å². The van der Waals surface area contributed by atoms with E-state index in [-0.39, 0.29) is 0 Å². The van der Waals surface area contributed by atoms with Crippen molar-refractivity contribution >= 4 is 0 Å². The Bertz CT molecular complexity index is 1180. The van der Waals surface area contributed by atoms with Crippen LogP contribution in [0.5, 0.6) is 0 Å². The molecule has 4 aromatic carbocycles. The lowest BCUT2D eigenvalue weighted by Crippen LogP contribution is -2.09. The molecule has 0 aromatic heterocycles. The van der Waals surface area contributed by atoms with Gasteiger partial charge >= 0.3 is 0 Å². The van der Waals surface area contributed by atoms with E-state index in [2.05, 4.69) is 130 Å². The fourth-order valence-corrected chi connectivity index (χ4v) is 6.23. The molecule has 0 radical (unpaired) electrons. The van der Waals surface area contributed by atoms with Crippen molar-refractivity contribution in [1.82, 2.24) is 0 Å². The Morgan fingerprint density at radius 3 is 1.49 bits per heavy atom. The van der Waals surface area contributed by atoms with Crippen LogP contribution in [0.15, 0.2) is 109 Å². The summed E-state index contributed by atoms with van der Waals surface area (Å²) in [5.41, 5.74) is 8.23. The Morgan fingerprint density at radius 1 is 0.564 bits per heavy atom. The summed E-state index contributed by atoms with van der Waals surface area (Å²) in [6.07, 6.45) is 12.4. The van der Waals surface area contributed by atoms with Crippen LogP contribution in [0.4, 0.5) is 0 Å². The normalized spacial score (nSPS) is 15.2. The minimum absolute atomic E-state index is 0.693. The summed E-state index contributed by atoms with van der Waals surface area (Å²) >= 11 is 0. The second-order valence-corrected chi connectivity index (χ2v) is 11.5. The topological polar surface area (TPSA) is 0 Å². The monoisotopic (exact) mass is 516 g/mol. The third-order valence-corrected chi connectivity index (χ3v) is 8.62. The average Bonchev–Trinajstić information content (AvgIpc) is 3.02. The van der Waals surface area contributed by atoms with Gasteiger partial charge in [-0.25, -0.2) is 0 Å². The second-order valence-electron chi connectivity index (χ2n) is 11.5. The van der Waals surface area contributed by atoms with Gasteiger partial charge in [-0.05, 0) is 70.4 Å². The van der Waals surface area contributed by atoms with Crippen LogP contribution in [0.25, 0.3) is 22.3 Å². The Balaban J connectivity index is 0.000000183. The van der Waals surface area contributed by atoms with Crippen LogP contribution < -0.4 is 0 Å². The molecule has 1 aliphatic carbocycles. The van der Waals surface area contributed by atoms with E-state index in [0.29, 0.717) is 5.92 Å². The first-order valence-electron chi connectivity index (χ1n) is 15.5. The van der Waals surface area contributed by atoms with E-state index in [1.807, 2.05) is 0 Å². The van der Waals surface area contributed by atoms with Crippen LogP contribution in [0.1, 0.15) is 102 Å². The Hall–Kier alpha value is -3.12. The van der Waals surface area contributed by atoms with Gasteiger partial charge in [-0.15, -0.1) is 0 Å². The van der Waals surface area contributed by atoms with Crippen molar-refractivity contribution in [3.05, 3.63) is 120 Å². The number of benzene rings is 4. The van der Waals surface area contributed by atoms with Crippen LogP contribution in [-0.4, -0.2) is 0 Å². The molecule has 1 aliphatic rings. The zero-order valence-electron chi connectivity index (χ0n) is 24.5. The van der Waals surface area contributed by atoms with Crippen LogP contribution in [0.2, 0.25) is 0 Å². The van der Waals surface area contributed by atoms with E-state index < -0.39 is 0 Å². The van der Waals surface area contributed by atoms with Crippen LogP contribution >= 0.6 is 0 Å². The molecule has 4 aromatic rings. The summed E-state index contributed by atoms with van der Waals surface area (Å²) in [6.45, 7) is 6.94. The maximum absolute atomic E-state index is 2.39. The maximum Gasteiger partial charge on any atom is -0.0165 e. The van der Waals surface area contributed by atoms with Gasteiger partial charge < -0.3 is 0 Å². The first-order chi connectivity index (χ1) is 19.2. The molecule has 0 N–H and O–H groups in total. The number of hydrogen-bond donors (Lipinski definition) is 0. The van der Waals surface area contributed by atoms with Crippen molar-refractivity contribution in [2.45, 2.75) is 90.4 Å². The molecule has 0 spiro atoms. The SMILES string of the molecule is CCC[C@H](CC)c1ccc(-c2ccccc2)cc1.C[C@@H](CC1CCCCC1)c1ccc(-c2ccccc2)cc1. The fraction of sp³-hybridized carbons (Fsp3) is 0.385. The van der Waals surface area contributed by atoms with Gasteiger partial charge in [-0.3, -0.25) is 0 Å². The third kappa shape index (κ3) is 8.69. The van der Waals surface area contributed by atoms with E-state index in [4.69, 9.17) is 0 Å². The molecular formula is C39H48. The molecule has 0 nitrogen and oxygen atoms in total. The average molecular weight is 517 g/mol. The van der Waals surface area contributed by atoms with Crippen molar-refractivity contribution < 1.29 is 0 Å². The molecule has 0 aliphatic heterocycles. The molecule has 1 fully saturated rings. The highest BCUT2D eigenvalue weighted by molar-refractivity contribution is 5.64. The highest BCUT2D eigenvalue weighted by Crippen LogP contribution is 2.33. The smallest absolute Gasteiger partial charge is 0.0165 e. The first-order valence-corrected chi connectivity index (χ1v) is 15.5. The third-order valence-electron chi connectivity index (χ3n) is 8.62. The van der Waals surface area contributed by atoms with Crippen LogP contribution in [0.3, 0.4) is 0 Å². The van der Waals surface area contributed by atoms with Gasteiger partial charge in [0.15, 0.2) is 0 Å². The zero-order chi connectivity index (χ0) is 27.3. The lowest BCUT2D eigenvalue weighted by molar-refractivity contribution is 0.323. The van der Waals surface area contributed by atoms with Crippen LogP contribution in [-0.2, 0) is 0 Å². The predicted molar refractivity (Wildman–Crippen MR) is 171 cm³/mol. The van der Waals surface area contributed by atoms with Crippen molar-refractivity contribution in [3.8, 4) is 22.3 Å². The molecule has 204 valence electrons. The predicted octanol–water partition coefficient (Wildman–Crippen LogP) is 12.1. The quantitative estimate of drug-likeness (QED) is 0.207. The van der Waals surface area contributed by atoms with Gasteiger partial charge in [-0.1, -0.05) is 168 Å². The lowest BCUT2D eigenvalue weighted by atomic mass is 9.81. The molecule has 1 saturated carbocycles. The van der Waals surface area contributed by atoms with E-state index in [1.165, 1.54) is 91.2 Å². The van der Waals surface area contributed by atoms with Crippen molar-refractivity contribution in [3.63, 3.8) is 0 Å². The summed E-state index contributed by atoms with van der Waals surface area (Å²) in [5.74, 6) is 2.38. The molecule has 5 rings (SSSR count). The molecular weight excluding hydrogens is 468 g/mol. The second kappa shape index (κ2) is 15.5. The van der Waals surface area contributed by atoms with E-state index >= 15 is 0 Å². The Labute approximate surface area is 238 Å². The van der Waals surface area contributed by atoms with Gasteiger partial charge in [0.25, 0.3) is 0 Å². The molecule has 0 amide bonds. The van der Waals surface area contributed by atoms with E-state index in [1.54, 1.807) is 0 Å². The molecule has 0 bridgehead atoms. The first kappa shape index (κ1) is 28.9. The highest BCUT2D eigenvalue weighted by atomic mass is 14.2. The summed E-state index contributed by atoms with van der Waals surface area (Å²) in [4.78, 5) is 0. The summed E-state index contributed by atoms with van der Waals surface area (Å²) < 4.78 is 0.